The summed E-state index contributed by atoms with van der Waals surface area (Å²) >= 11 is 3.40. The van der Waals surface area contributed by atoms with Crippen LogP contribution in [-0.2, 0) is 6.42 Å². The van der Waals surface area contributed by atoms with Crippen molar-refractivity contribution in [2.45, 2.75) is 20.3 Å². The quantitative estimate of drug-likeness (QED) is 0.881. The van der Waals surface area contributed by atoms with E-state index in [4.69, 9.17) is 0 Å². The lowest BCUT2D eigenvalue weighted by Gasteiger charge is -2.09. The average molecular weight is 350 g/mol. The summed E-state index contributed by atoms with van der Waals surface area (Å²) in [4.78, 5) is 12.1. The van der Waals surface area contributed by atoms with Crippen molar-refractivity contribution in [3.8, 4) is 0 Å². The van der Waals surface area contributed by atoms with E-state index in [0.29, 0.717) is 18.5 Å². The highest BCUT2D eigenvalue weighted by Gasteiger charge is 2.09. The van der Waals surface area contributed by atoms with Gasteiger partial charge in [0, 0.05) is 11.0 Å². The van der Waals surface area contributed by atoms with E-state index in [1.807, 2.05) is 26.0 Å². The largest absolute Gasteiger partial charge is 0.352 e. The van der Waals surface area contributed by atoms with Crippen LogP contribution in [0.3, 0.4) is 0 Å². The summed E-state index contributed by atoms with van der Waals surface area (Å²) in [5.41, 5.74) is 3.66. The summed E-state index contributed by atoms with van der Waals surface area (Å²) in [6, 6.07) is 10.3. The monoisotopic (exact) mass is 349 g/mol. The number of hydrogen-bond donors (Lipinski definition) is 1. The minimum Gasteiger partial charge on any atom is -0.352 e. The highest BCUT2D eigenvalue weighted by atomic mass is 79.9. The van der Waals surface area contributed by atoms with Gasteiger partial charge in [0.25, 0.3) is 5.91 Å². The molecule has 2 aromatic carbocycles. The lowest BCUT2D eigenvalue weighted by atomic mass is 10.1. The molecule has 0 heterocycles. The zero-order valence-electron chi connectivity index (χ0n) is 12.0. The van der Waals surface area contributed by atoms with Gasteiger partial charge in [-0.1, -0.05) is 12.1 Å². The molecular weight excluding hydrogens is 333 g/mol. The minimum absolute atomic E-state index is 0.110. The molecule has 1 N–H and O–H groups in total. The van der Waals surface area contributed by atoms with Gasteiger partial charge in [-0.25, -0.2) is 4.39 Å². The van der Waals surface area contributed by atoms with Gasteiger partial charge in [0.2, 0.25) is 0 Å². The maximum atomic E-state index is 13.0. The Balaban J connectivity index is 1.95. The van der Waals surface area contributed by atoms with Crippen molar-refractivity contribution in [2.75, 3.05) is 6.54 Å². The summed E-state index contributed by atoms with van der Waals surface area (Å²) in [6.45, 7) is 4.37. The fourth-order valence-electron chi connectivity index (χ4n) is 2.15. The summed E-state index contributed by atoms with van der Waals surface area (Å²) < 4.78 is 13.8. The highest BCUT2D eigenvalue weighted by Crippen LogP contribution is 2.18. The molecule has 0 aliphatic rings. The van der Waals surface area contributed by atoms with Crippen molar-refractivity contribution in [3.63, 3.8) is 0 Å². The van der Waals surface area contributed by atoms with E-state index in [1.54, 1.807) is 12.1 Å². The Kier molecular flexibility index (Phi) is 5.12. The molecule has 0 atom stereocenters. The number of aryl methyl sites for hydroxylation is 2. The predicted molar refractivity (Wildman–Crippen MR) is 86.1 cm³/mol. The maximum absolute atomic E-state index is 13.0. The molecule has 0 fully saturated rings. The van der Waals surface area contributed by atoms with Crippen LogP contribution in [0.1, 0.15) is 27.0 Å². The number of carbonyl (C=O) groups excluding carboxylic acids is 1. The number of carbonyl (C=O) groups is 1. The average Bonchev–Trinajstić information content (AvgIpc) is 2.41. The Morgan fingerprint density at radius 2 is 1.95 bits per heavy atom. The van der Waals surface area contributed by atoms with E-state index in [2.05, 4.69) is 21.2 Å². The molecule has 0 aliphatic carbocycles. The summed E-state index contributed by atoms with van der Waals surface area (Å²) in [7, 11) is 0. The van der Waals surface area contributed by atoms with Gasteiger partial charge in [-0.15, -0.1) is 0 Å². The first-order valence-corrected chi connectivity index (χ1v) is 7.56. The number of amides is 1. The maximum Gasteiger partial charge on any atom is 0.252 e. The lowest BCUT2D eigenvalue weighted by Crippen LogP contribution is -2.26. The molecule has 0 saturated carbocycles. The molecule has 1 amide bonds. The minimum atomic E-state index is -0.233. The standard InChI is InChI=1S/C17H17BrFNO/c1-11-3-6-15(16(18)9-11)17(21)20-8-7-13-4-5-14(19)10-12(13)2/h3-6,9-10H,7-8H2,1-2H3,(H,20,21). The molecule has 0 saturated heterocycles. The van der Waals surface area contributed by atoms with Crippen molar-refractivity contribution in [1.29, 1.82) is 0 Å². The SMILES string of the molecule is Cc1ccc(C(=O)NCCc2ccc(F)cc2C)c(Br)c1. The predicted octanol–water partition coefficient (Wildman–Crippen LogP) is 4.18. The topological polar surface area (TPSA) is 29.1 Å². The highest BCUT2D eigenvalue weighted by molar-refractivity contribution is 9.10. The van der Waals surface area contributed by atoms with Crippen LogP contribution in [0.25, 0.3) is 0 Å². The zero-order valence-corrected chi connectivity index (χ0v) is 13.6. The lowest BCUT2D eigenvalue weighted by molar-refractivity contribution is 0.0953. The Labute approximate surface area is 132 Å². The van der Waals surface area contributed by atoms with Crippen LogP contribution < -0.4 is 5.32 Å². The van der Waals surface area contributed by atoms with E-state index >= 15 is 0 Å². The van der Waals surface area contributed by atoms with E-state index in [9.17, 15) is 9.18 Å². The third kappa shape index (κ3) is 4.14. The number of halogens is 2. The van der Waals surface area contributed by atoms with Crippen LogP contribution in [0, 0.1) is 19.7 Å². The fraction of sp³-hybridized carbons (Fsp3) is 0.235. The van der Waals surface area contributed by atoms with Crippen molar-refractivity contribution in [1.82, 2.24) is 5.32 Å². The van der Waals surface area contributed by atoms with E-state index in [-0.39, 0.29) is 11.7 Å². The molecule has 2 rings (SSSR count). The molecule has 0 radical (unpaired) electrons. The zero-order chi connectivity index (χ0) is 15.4. The summed E-state index contributed by atoms with van der Waals surface area (Å²) in [5, 5.41) is 2.89. The van der Waals surface area contributed by atoms with Crippen LogP contribution in [0.5, 0.6) is 0 Å². The van der Waals surface area contributed by atoms with Crippen molar-refractivity contribution < 1.29 is 9.18 Å². The van der Waals surface area contributed by atoms with Crippen molar-refractivity contribution in [2.24, 2.45) is 0 Å². The summed E-state index contributed by atoms with van der Waals surface area (Å²) in [6.07, 6.45) is 0.682. The second kappa shape index (κ2) is 6.85. The Morgan fingerprint density at radius 1 is 1.19 bits per heavy atom. The first-order chi connectivity index (χ1) is 9.97. The first-order valence-electron chi connectivity index (χ1n) is 6.77. The molecule has 0 aliphatic heterocycles. The molecule has 4 heteroatoms. The van der Waals surface area contributed by atoms with Gasteiger partial charge >= 0.3 is 0 Å². The van der Waals surface area contributed by atoms with Gasteiger partial charge in [0.15, 0.2) is 0 Å². The van der Waals surface area contributed by atoms with Gasteiger partial charge in [0.1, 0.15) is 5.82 Å². The van der Waals surface area contributed by atoms with Crippen molar-refractivity contribution in [3.05, 3.63) is 68.9 Å². The second-order valence-electron chi connectivity index (χ2n) is 5.06. The normalized spacial score (nSPS) is 10.5. The Morgan fingerprint density at radius 3 is 2.62 bits per heavy atom. The van der Waals surface area contributed by atoms with Crippen LogP contribution in [-0.4, -0.2) is 12.5 Å². The molecule has 0 bridgehead atoms. The van der Waals surface area contributed by atoms with Crippen LogP contribution in [0.4, 0.5) is 4.39 Å². The first kappa shape index (κ1) is 15.7. The Bertz CT molecular complexity index is 670. The number of benzene rings is 2. The van der Waals surface area contributed by atoms with Gasteiger partial charge in [-0.2, -0.15) is 0 Å². The van der Waals surface area contributed by atoms with Crippen LogP contribution >= 0.6 is 15.9 Å². The molecule has 0 spiro atoms. The molecule has 2 aromatic rings. The van der Waals surface area contributed by atoms with Gasteiger partial charge in [-0.05, 0) is 77.2 Å². The smallest absolute Gasteiger partial charge is 0.252 e. The van der Waals surface area contributed by atoms with Crippen LogP contribution in [0.15, 0.2) is 40.9 Å². The molecule has 0 unspecified atom stereocenters. The fourth-order valence-corrected chi connectivity index (χ4v) is 2.82. The molecule has 21 heavy (non-hydrogen) atoms. The van der Waals surface area contributed by atoms with E-state index in [1.165, 1.54) is 12.1 Å². The van der Waals surface area contributed by atoms with Gasteiger partial charge < -0.3 is 5.32 Å². The number of hydrogen-bond acceptors (Lipinski definition) is 1. The Hall–Kier alpha value is -1.68. The molecule has 0 aromatic heterocycles. The number of nitrogens with one attached hydrogen (secondary N) is 1. The second-order valence-corrected chi connectivity index (χ2v) is 5.91. The molecular formula is C17H17BrFNO. The molecule has 2 nitrogen and oxygen atoms in total. The van der Waals surface area contributed by atoms with E-state index < -0.39 is 0 Å². The third-order valence-corrected chi connectivity index (χ3v) is 4.01. The molecule has 110 valence electrons. The van der Waals surface area contributed by atoms with Gasteiger partial charge in [0.05, 0.1) is 5.56 Å². The third-order valence-electron chi connectivity index (χ3n) is 3.35. The van der Waals surface area contributed by atoms with Crippen LogP contribution in [0.2, 0.25) is 0 Å². The number of rotatable bonds is 4. The van der Waals surface area contributed by atoms with Gasteiger partial charge in [-0.3, -0.25) is 4.79 Å². The summed E-state index contributed by atoms with van der Waals surface area (Å²) in [5.74, 6) is -0.342. The van der Waals surface area contributed by atoms with E-state index in [0.717, 1.165) is 21.2 Å². The van der Waals surface area contributed by atoms with Crippen molar-refractivity contribution >= 4 is 21.8 Å².